The molecule has 7 heteroatoms. The maximum Gasteiger partial charge on any atom is 0.151 e. The highest BCUT2D eigenvalue weighted by Gasteiger charge is 2.25. The molecule has 0 aliphatic carbocycles. The quantitative estimate of drug-likeness (QED) is 0.842. The minimum absolute atomic E-state index is 0.432. The monoisotopic (exact) mass is 351 g/mol. The van der Waals surface area contributed by atoms with Gasteiger partial charge in [-0.25, -0.2) is 8.42 Å². The van der Waals surface area contributed by atoms with Gasteiger partial charge in [-0.1, -0.05) is 6.92 Å². The summed E-state index contributed by atoms with van der Waals surface area (Å²) in [6, 6.07) is -0.432. The fourth-order valence-corrected chi connectivity index (χ4v) is 3.38. The fraction of sp³-hybridized carbons (Fsp3) is 0.750. The Morgan fingerprint density at radius 1 is 1.42 bits per heavy atom. The highest BCUT2D eigenvalue weighted by Crippen LogP contribution is 2.24. The topological polar surface area (TPSA) is 78.0 Å². The van der Waals surface area contributed by atoms with Crippen molar-refractivity contribution in [1.29, 1.82) is 0 Å². The molecule has 0 amide bonds. The van der Waals surface area contributed by atoms with Crippen LogP contribution in [0.15, 0.2) is 4.47 Å². The van der Waals surface area contributed by atoms with Gasteiger partial charge in [-0.3, -0.25) is 4.68 Å². The molecule has 0 aromatic carbocycles. The number of aromatic nitrogens is 2. The maximum absolute atomic E-state index is 11.5. The number of hydrogen-bond acceptors (Lipinski definition) is 4. The molecule has 1 heterocycles. The molecule has 2 N–H and O–H groups in total. The van der Waals surface area contributed by atoms with E-state index in [2.05, 4.69) is 21.0 Å². The van der Waals surface area contributed by atoms with Gasteiger partial charge in [0.25, 0.3) is 0 Å². The molecule has 0 saturated carbocycles. The van der Waals surface area contributed by atoms with Crippen LogP contribution in [-0.2, 0) is 29.2 Å². The van der Waals surface area contributed by atoms with E-state index in [9.17, 15) is 8.42 Å². The van der Waals surface area contributed by atoms with Gasteiger partial charge >= 0.3 is 0 Å². The standard InChI is InChI=1S/C12H22BrN3O2S/c1-5-10-12(13)11(16(6-2)15-10)7-9(14)8(3)19(4,17)18/h8-9H,5-7,14H2,1-4H3. The average molecular weight is 352 g/mol. The Bertz CT molecular complexity index is 539. The molecule has 110 valence electrons. The van der Waals surface area contributed by atoms with Gasteiger partial charge in [-0.05, 0) is 36.2 Å². The number of nitrogens with two attached hydrogens (primary N) is 1. The summed E-state index contributed by atoms with van der Waals surface area (Å²) in [6.07, 6.45) is 2.55. The molecule has 1 rings (SSSR count). The Labute approximate surface area is 123 Å². The third-order valence-corrected chi connectivity index (χ3v) is 6.02. The van der Waals surface area contributed by atoms with Crippen LogP contribution in [0, 0.1) is 0 Å². The van der Waals surface area contributed by atoms with Crippen LogP contribution in [0.4, 0.5) is 0 Å². The minimum atomic E-state index is -3.12. The number of halogens is 1. The summed E-state index contributed by atoms with van der Waals surface area (Å²) in [5.41, 5.74) is 7.99. The maximum atomic E-state index is 11.5. The summed E-state index contributed by atoms with van der Waals surface area (Å²) < 4.78 is 25.9. The predicted octanol–water partition coefficient (Wildman–Crippen LogP) is 1.53. The first-order valence-electron chi connectivity index (χ1n) is 6.40. The van der Waals surface area contributed by atoms with Crippen molar-refractivity contribution in [3.05, 3.63) is 15.9 Å². The van der Waals surface area contributed by atoms with Crippen molar-refractivity contribution in [3.63, 3.8) is 0 Å². The highest BCUT2D eigenvalue weighted by molar-refractivity contribution is 9.10. The van der Waals surface area contributed by atoms with Crippen LogP contribution in [0.5, 0.6) is 0 Å². The van der Waals surface area contributed by atoms with E-state index in [1.807, 2.05) is 18.5 Å². The fourth-order valence-electron chi connectivity index (χ4n) is 1.92. The second-order valence-electron chi connectivity index (χ2n) is 4.78. The minimum Gasteiger partial charge on any atom is -0.326 e. The van der Waals surface area contributed by atoms with Gasteiger partial charge in [0.2, 0.25) is 0 Å². The summed E-state index contributed by atoms with van der Waals surface area (Å²) >= 11 is 3.54. The Hall–Kier alpha value is -0.400. The van der Waals surface area contributed by atoms with E-state index >= 15 is 0 Å². The third kappa shape index (κ3) is 3.79. The van der Waals surface area contributed by atoms with E-state index in [1.165, 1.54) is 6.26 Å². The molecule has 0 fully saturated rings. The lowest BCUT2D eigenvalue weighted by Gasteiger charge is -2.18. The van der Waals surface area contributed by atoms with Crippen molar-refractivity contribution >= 4 is 25.8 Å². The zero-order valence-electron chi connectivity index (χ0n) is 11.9. The van der Waals surface area contributed by atoms with Crippen LogP contribution >= 0.6 is 15.9 Å². The SMILES string of the molecule is CCc1nn(CC)c(CC(N)C(C)S(C)(=O)=O)c1Br. The van der Waals surface area contributed by atoms with E-state index < -0.39 is 21.1 Å². The number of rotatable bonds is 6. The highest BCUT2D eigenvalue weighted by atomic mass is 79.9. The number of aryl methyl sites for hydroxylation is 2. The third-order valence-electron chi connectivity index (χ3n) is 3.40. The van der Waals surface area contributed by atoms with Gasteiger partial charge in [0, 0.05) is 25.3 Å². The zero-order valence-corrected chi connectivity index (χ0v) is 14.3. The Balaban J connectivity index is 3.02. The van der Waals surface area contributed by atoms with Gasteiger partial charge in [0.1, 0.15) is 0 Å². The van der Waals surface area contributed by atoms with Crippen molar-refractivity contribution in [2.24, 2.45) is 5.73 Å². The summed E-state index contributed by atoms with van der Waals surface area (Å²) in [7, 11) is -3.12. The number of nitrogens with zero attached hydrogens (tertiary/aromatic N) is 2. The molecule has 5 nitrogen and oxygen atoms in total. The van der Waals surface area contributed by atoms with Crippen molar-refractivity contribution in [2.45, 2.75) is 51.4 Å². The summed E-state index contributed by atoms with van der Waals surface area (Å²) in [5, 5.41) is 3.92. The number of hydrogen-bond donors (Lipinski definition) is 1. The van der Waals surface area contributed by atoms with Crippen molar-refractivity contribution < 1.29 is 8.42 Å². The molecule has 2 atom stereocenters. The van der Waals surface area contributed by atoms with Gasteiger partial charge < -0.3 is 5.73 Å². The molecular weight excluding hydrogens is 330 g/mol. The molecule has 0 saturated heterocycles. The van der Waals surface area contributed by atoms with E-state index in [4.69, 9.17) is 5.73 Å². The molecule has 0 aliphatic heterocycles. The van der Waals surface area contributed by atoms with E-state index in [0.717, 1.165) is 28.8 Å². The van der Waals surface area contributed by atoms with Crippen LogP contribution in [0.25, 0.3) is 0 Å². The largest absolute Gasteiger partial charge is 0.326 e. The van der Waals surface area contributed by atoms with Gasteiger partial charge in [-0.2, -0.15) is 5.10 Å². The predicted molar refractivity (Wildman–Crippen MR) is 81.0 cm³/mol. The second kappa shape index (κ2) is 6.37. The van der Waals surface area contributed by atoms with Crippen molar-refractivity contribution in [1.82, 2.24) is 9.78 Å². The van der Waals surface area contributed by atoms with E-state index in [-0.39, 0.29) is 0 Å². The summed E-state index contributed by atoms with van der Waals surface area (Å²) in [5.74, 6) is 0. The van der Waals surface area contributed by atoms with Crippen LogP contribution in [-0.4, -0.2) is 35.7 Å². The second-order valence-corrected chi connectivity index (χ2v) is 7.97. The Morgan fingerprint density at radius 3 is 2.42 bits per heavy atom. The lowest BCUT2D eigenvalue weighted by molar-refractivity contribution is 0.541. The molecule has 0 bridgehead atoms. The Kier molecular flexibility index (Phi) is 5.58. The lowest BCUT2D eigenvalue weighted by atomic mass is 10.1. The molecule has 2 unspecified atom stereocenters. The van der Waals surface area contributed by atoms with Crippen molar-refractivity contribution in [3.8, 4) is 0 Å². The summed E-state index contributed by atoms with van der Waals surface area (Å²) in [6.45, 7) is 6.44. The van der Waals surface area contributed by atoms with E-state index in [0.29, 0.717) is 6.42 Å². The first kappa shape index (κ1) is 16.7. The smallest absolute Gasteiger partial charge is 0.151 e. The molecule has 1 aromatic rings. The molecule has 0 aliphatic rings. The van der Waals surface area contributed by atoms with Crippen LogP contribution in [0.1, 0.15) is 32.2 Å². The van der Waals surface area contributed by atoms with Gasteiger partial charge in [0.05, 0.1) is 21.1 Å². The first-order chi connectivity index (χ1) is 8.72. The average Bonchev–Trinajstić information content (AvgIpc) is 2.64. The first-order valence-corrected chi connectivity index (χ1v) is 9.15. The van der Waals surface area contributed by atoms with Crippen LogP contribution in [0.3, 0.4) is 0 Å². The normalized spacial score (nSPS) is 15.5. The van der Waals surface area contributed by atoms with E-state index in [1.54, 1.807) is 6.92 Å². The number of sulfone groups is 1. The molecule has 1 aromatic heterocycles. The lowest BCUT2D eigenvalue weighted by Crippen LogP contribution is -2.40. The molecular formula is C12H22BrN3O2S. The summed E-state index contributed by atoms with van der Waals surface area (Å²) in [4.78, 5) is 0. The van der Waals surface area contributed by atoms with Crippen LogP contribution in [0.2, 0.25) is 0 Å². The van der Waals surface area contributed by atoms with Gasteiger partial charge in [-0.15, -0.1) is 0 Å². The molecule has 0 radical (unpaired) electrons. The Morgan fingerprint density at radius 2 is 2.00 bits per heavy atom. The zero-order chi connectivity index (χ0) is 14.8. The van der Waals surface area contributed by atoms with Gasteiger partial charge in [0.15, 0.2) is 9.84 Å². The van der Waals surface area contributed by atoms with Crippen molar-refractivity contribution in [2.75, 3.05) is 6.26 Å². The van der Waals surface area contributed by atoms with Crippen LogP contribution < -0.4 is 5.73 Å². The molecule has 0 spiro atoms. The molecule has 19 heavy (non-hydrogen) atoms.